The Balaban J connectivity index is 1.44. The maximum absolute atomic E-state index is 13.0. The molecule has 2 atom stereocenters. The van der Waals surface area contributed by atoms with Gasteiger partial charge in [0.1, 0.15) is 11.8 Å². The number of benzene rings is 1. The number of ether oxygens (including phenoxy) is 1. The second-order valence-corrected chi connectivity index (χ2v) is 8.71. The van der Waals surface area contributed by atoms with E-state index in [1.54, 1.807) is 18.3 Å². The second kappa shape index (κ2) is 8.94. The summed E-state index contributed by atoms with van der Waals surface area (Å²) in [6.45, 7) is 3.77. The highest BCUT2D eigenvalue weighted by Crippen LogP contribution is 2.39. The minimum absolute atomic E-state index is 0.0805. The number of rotatable bonds is 3. The molecule has 1 amide bonds. The van der Waals surface area contributed by atoms with Crippen molar-refractivity contribution in [2.75, 3.05) is 30.0 Å². The molecule has 2 aromatic heterocycles. The molecule has 1 aromatic carbocycles. The third kappa shape index (κ3) is 4.59. The third-order valence-corrected chi connectivity index (χ3v) is 6.36. The summed E-state index contributed by atoms with van der Waals surface area (Å²) in [4.78, 5) is 22.7. The smallest absolute Gasteiger partial charge is 0.387 e. The molecule has 0 radical (unpaired) electrons. The minimum atomic E-state index is -4.64. The molecule has 3 aromatic rings. The molecule has 0 aliphatic carbocycles. The summed E-state index contributed by atoms with van der Waals surface area (Å²) in [5.41, 5.74) is 3.21. The number of carbonyl (C=O) groups excluding carboxylic acids is 1. The van der Waals surface area contributed by atoms with Crippen molar-refractivity contribution in [3.8, 4) is 11.1 Å². The molecule has 2 N–H and O–H groups in total. The summed E-state index contributed by atoms with van der Waals surface area (Å²) in [6, 6.07) is 9.30. The van der Waals surface area contributed by atoms with Crippen LogP contribution >= 0.6 is 0 Å². The van der Waals surface area contributed by atoms with Gasteiger partial charge in [0.2, 0.25) is 0 Å². The first-order valence-electron chi connectivity index (χ1n) is 11.2. The van der Waals surface area contributed by atoms with Gasteiger partial charge in [-0.2, -0.15) is 13.2 Å². The first-order chi connectivity index (χ1) is 16.7. The summed E-state index contributed by atoms with van der Waals surface area (Å²) < 4.78 is 44.5. The largest absolute Gasteiger partial charge is 0.433 e. The van der Waals surface area contributed by atoms with E-state index < -0.39 is 23.9 Å². The molecule has 10 heteroatoms. The van der Waals surface area contributed by atoms with Crippen LogP contribution < -0.4 is 10.2 Å². The van der Waals surface area contributed by atoms with Crippen molar-refractivity contribution in [2.24, 2.45) is 0 Å². The predicted octanol–water partition coefficient (Wildman–Crippen LogP) is 4.37. The van der Waals surface area contributed by atoms with Gasteiger partial charge in [0, 0.05) is 42.2 Å². The van der Waals surface area contributed by atoms with E-state index >= 15 is 0 Å². The number of hydrogen-bond donors (Lipinski definition) is 2. The van der Waals surface area contributed by atoms with Crippen LogP contribution in [0.1, 0.15) is 39.8 Å². The Morgan fingerprint density at radius 2 is 2.03 bits per heavy atom. The first kappa shape index (κ1) is 23.3. The van der Waals surface area contributed by atoms with Gasteiger partial charge in [-0.3, -0.25) is 14.8 Å². The summed E-state index contributed by atoms with van der Waals surface area (Å²) in [5, 5.41) is 13.2. The van der Waals surface area contributed by atoms with E-state index in [9.17, 15) is 23.1 Å². The number of aryl methyl sites for hydroxylation is 1. The van der Waals surface area contributed by atoms with E-state index in [0.717, 1.165) is 34.6 Å². The Labute approximate surface area is 199 Å². The number of amides is 1. The van der Waals surface area contributed by atoms with Crippen LogP contribution in [-0.2, 0) is 10.9 Å². The number of nitrogens with zero attached hydrogens (tertiary/aromatic N) is 3. The van der Waals surface area contributed by atoms with Crippen molar-refractivity contribution in [1.82, 2.24) is 9.97 Å². The third-order valence-electron chi connectivity index (χ3n) is 6.36. The lowest BCUT2D eigenvalue weighted by molar-refractivity contribution is -0.141. The van der Waals surface area contributed by atoms with Crippen LogP contribution in [0, 0.1) is 6.92 Å². The fourth-order valence-corrected chi connectivity index (χ4v) is 4.58. The summed E-state index contributed by atoms with van der Waals surface area (Å²) in [6.07, 6.45) is -2.10. The number of aromatic nitrogens is 2. The number of halogens is 3. The van der Waals surface area contributed by atoms with Crippen molar-refractivity contribution >= 4 is 17.3 Å². The van der Waals surface area contributed by atoms with Gasteiger partial charge in [-0.25, -0.2) is 0 Å². The summed E-state index contributed by atoms with van der Waals surface area (Å²) in [5.74, 6) is -0.671. The average Bonchev–Trinajstić information content (AvgIpc) is 2.84. The number of morpholine rings is 1. The maximum Gasteiger partial charge on any atom is 0.433 e. The molecule has 2 aliphatic heterocycles. The van der Waals surface area contributed by atoms with Gasteiger partial charge in [-0.1, -0.05) is 6.07 Å². The highest BCUT2D eigenvalue weighted by Gasteiger charge is 2.35. The van der Waals surface area contributed by atoms with Crippen LogP contribution in [0.25, 0.3) is 11.1 Å². The summed E-state index contributed by atoms with van der Waals surface area (Å²) in [7, 11) is 0. The number of fused-ring (bicyclic) bond motifs is 3. The quantitative estimate of drug-likeness (QED) is 0.574. The van der Waals surface area contributed by atoms with E-state index in [1.807, 2.05) is 19.1 Å². The molecule has 1 fully saturated rings. The highest BCUT2D eigenvalue weighted by molar-refractivity contribution is 6.04. The lowest BCUT2D eigenvalue weighted by atomic mass is 9.94. The van der Waals surface area contributed by atoms with Crippen molar-refractivity contribution in [3.05, 3.63) is 71.3 Å². The zero-order chi connectivity index (χ0) is 24.7. The molecule has 0 saturated carbocycles. The van der Waals surface area contributed by atoms with Gasteiger partial charge in [0.15, 0.2) is 0 Å². The Morgan fingerprint density at radius 1 is 1.20 bits per heavy atom. The van der Waals surface area contributed by atoms with Gasteiger partial charge >= 0.3 is 6.18 Å². The van der Waals surface area contributed by atoms with Crippen molar-refractivity contribution in [3.63, 3.8) is 0 Å². The van der Waals surface area contributed by atoms with Gasteiger partial charge in [0.25, 0.3) is 5.91 Å². The molecule has 2 aliphatic rings. The number of nitrogens with one attached hydrogen (secondary N) is 1. The van der Waals surface area contributed by atoms with Crippen LogP contribution in [0.4, 0.5) is 24.5 Å². The molecular weight excluding hydrogens is 461 g/mol. The van der Waals surface area contributed by atoms with Crippen molar-refractivity contribution < 1.29 is 27.8 Å². The van der Waals surface area contributed by atoms with Gasteiger partial charge in [-0.15, -0.1) is 0 Å². The van der Waals surface area contributed by atoms with E-state index in [2.05, 4.69) is 20.2 Å². The number of pyridine rings is 2. The normalized spacial score (nSPS) is 19.6. The molecule has 2 unspecified atom stereocenters. The zero-order valence-electron chi connectivity index (χ0n) is 18.8. The number of anilines is 2. The Bertz CT molecular complexity index is 1280. The Morgan fingerprint density at radius 3 is 2.83 bits per heavy atom. The SMILES string of the molecule is Cc1ccc(NC(=O)c2ccnc(C(F)(F)F)c2)cc1-c1cnc2c(c1)N1CCOCC1CC2O. The lowest BCUT2D eigenvalue weighted by Crippen LogP contribution is -2.49. The molecule has 5 rings (SSSR count). The van der Waals surface area contributed by atoms with Crippen LogP contribution in [-0.4, -0.2) is 46.8 Å². The second-order valence-electron chi connectivity index (χ2n) is 8.71. The van der Waals surface area contributed by atoms with Crippen LogP contribution in [0.15, 0.2) is 48.8 Å². The molecule has 1 saturated heterocycles. The maximum atomic E-state index is 13.0. The van der Waals surface area contributed by atoms with Crippen LogP contribution in [0.3, 0.4) is 0 Å². The molecule has 0 bridgehead atoms. The van der Waals surface area contributed by atoms with Crippen LogP contribution in [0.2, 0.25) is 0 Å². The number of aliphatic hydroxyl groups is 1. The monoisotopic (exact) mass is 484 g/mol. The molecule has 182 valence electrons. The van der Waals surface area contributed by atoms with Gasteiger partial charge < -0.3 is 20.1 Å². The molecule has 7 nitrogen and oxygen atoms in total. The molecule has 4 heterocycles. The van der Waals surface area contributed by atoms with E-state index in [0.29, 0.717) is 37.6 Å². The lowest BCUT2D eigenvalue weighted by Gasteiger charge is -2.43. The van der Waals surface area contributed by atoms with Crippen LogP contribution in [0.5, 0.6) is 0 Å². The Hall–Kier alpha value is -3.50. The predicted molar refractivity (Wildman–Crippen MR) is 123 cm³/mol. The van der Waals surface area contributed by atoms with E-state index in [-0.39, 0.29) is 11.6 Å². The first-order valence-corrected chi connectivity index (χ1v) is 11.2. The topological polar surface area (TPSA) is 87.6 Å². The number of alkyl halides is 3. The van der Waals surface area contributed by atoms with Gasteiger partial charge in [0.05, 0.1) is 30.6 Å². The molecule has 0 spiro atoms. The van der Waals surface area contributed by atoms with Gasteiger partial charge in [-0.05, 0) is 48.4 Å². The fraction of sp³-hybridized carbons (Fsp3) is 0.320. The number of hydrogen-bond acceptors (Lipinski definition) is 6. The van der Waals surface area contributed by atoms with Crippen molar-refractivity contribution in [2.45, 2.75) is 31.7 Å². The van der Waals surface area contributed by atoms with Crippen molar-refractivity contribution in [1.29, 1.82) is 0 Å². The Kier molecular flexibility index (Phi) is 5.94. The molecular formula is C25H23F3N4O3. The number of aliphatic hydroxyl groups excluding tert-OH is 1. The fourth-order valence-electron chi connectivity index (χ4n) is 4.58. The minimum Gasteiger partial charge on any atom is -0.387 e. The zero-order valence-corrected chi connectivity index (χ0v) is 18.8. The van der Waals surface area contributed by atoms with E-state index in [4.69, 9.17) is 4.74 Å². The summed E-state index contributed by atoms with van der Waals surface area (Å²) >= 11 is 0. The standard InChI is InChI=1S/C25H23F3N4O3/c1-14-2-3-17(31-24(34)15-4-5-29-22(9-15)25(26,27)28)10-19(14)16-8-20-23(30-12-16)21(33)11-18-13-35-7-6-32(18)20/h2-5,8-10,12,18,21,33H,6-7,11,13H2,1H3,(H,31,34). The highest BCUT2D eigenvalue weighted by atomic mass is 19.4. The van der Waals surface area contributed by atoms with E-state index in [1.165, 1.54) is 6.07 Å². The average molecular weight is 484 g/mol. The molecule has 35 heavy (non-hydrogen) atoms. The number of carbonyl (C=O) groups is 1.